The first-order chi connectivity index (χ1) is 22.2. The summed E-state index contributed by atoms with van der Waals surface area (Å²) in [4.78, 5) is 29.5. The van der Waals surface area contributed by atoms with Crippen molar-refractivity contribution in [1.29, 1.82) is 0 Å². The maximum absolute atomic E-state index is 13.9. The van der Waals surface area contributed by atoms with Crippen molar-refractivity contribution < 1.29 is 23.8 Å². The number of aryl methyl sites for hydroxylation is 1. The van der Waals surface area contributed by atoms with Gasteiger partial charge in [-0.2, -0.15) is 5.10 Å². The van der Waals surface area contributed by atoms with Crippen LogP contribution in [0, 0.1) is 12.3 Å². The monoisotopic (exact) mass is 621 g/mol. The fourth-order valence-electron chi connectivity index (χ4n) is 7.60. The molecular formula is C38H43N3O5. The lowest BCUT2D eigenvalue weighted by molar-refractivity contribution is -0.137. The van der Waals surface area contributed by atoms with Gasteiger partial charge in [-0.25, -0.2) is 5.01 Å². The number of rotatable bonds is 7. The molecule has 8 nitrogen and oxygen atoms in total. The summed E-state index contributed by atoms with van der Waals surface area (Å²) < 4.78 is 18.3. The van der Waals surface area contributed by atoms with E-state index < -0.39 is 5.41 Å². The van der Waals surface area contributed by atoms with Gasteiger partial charge >= 0.3 is 0 Å². The summed E-state index contributed by atoms with van der Waals surface area (Å²) in [6.45, 7) is 7.46. The van der Waals surface area contributed by atoms with Crippen LogP contribution in [0.1, 0.15) is 85.0 Å². The van der Waals surface area contributed by atoms with Crippen molar-refractivity contribution in [2.75, 3.05) is 20.2 Å². The highest BCUT2D eigenvalue weighted by Crippen LogP contribution is 2.51. The zero-order chi connectivity index (χ0) is 32.1. The van der Waals surface area contributed by atoms with Gasteiger partial charge in [0.1, 0.15) is 18.0 Å². The Hall–Kier alpha value is -4.33. The molecule has 0 N–H and O–H groups in total. The van der Waals surface area contributed by atoms with E-state index in [1.807, 2.05) is 86.3 Å². The number of likely N-dealkylation sites (tertiary alicyclic amines) is 1. The van der Waals surface area contributed by atoms with Gasteiger partial charge in [-0.05, 0) is 94.7 Å². The van der Waals surface area contributed by atoms with Crippen LogP contribution in [0.4, 0.5) is 0 Å². The third kappa shape index (κ3) is 5.31. The minimum Gasteiger partial charge on any atom is -0.493 e. The van der Waals surface area contributed by atoms with Crippen LogP contribution in [0.15, 0.2) is 65.8 Å². The topological polar surface area (TPSA) is 80.7 Å². The molecule has 4 aliphatic rings. The van der Waals surface area contributed by atoms with Crippen LogP contribution in [0.5, 0.6) is 17.2 Å². The summed E-state index contributed by atoms with van der Waals surface area (Å²) in [7, 11) is 1.68. The molecule has 1 spiro atoms. The molecular weight excluding hydrogens is 578 g/mol. The van der Waals surface area contributed by atoms with Gasteiger partial charge in [0.25, 0.3) is 11.8 Å². The summed E-state index contributed by atoms with van der Waals surface area (Å²) >= 11 is 0. The second-order valence-corrected chi connectivity index (χ2v) is 13.8. The maximum Gasteiger partial charge on any atom is 0.254 e. The molecule has 1 aliphatic carbocycles. The molecule has 1 saturated heterocycles. The quantitative estimate of drug-likeness (QED) is 0.293. The largest absolute Gasteiger partial charge is 0.493 e. The van der Waals surface area contributed by atoms with Gasteiger partial charge in [-0.15, -0.1) is 0 Å². The molecule has 0 radical (unpaired) electrons. The third-order valence-corrected chi connectivity index (χ3v) is 10.4. The zero-order valence-corrected chi connectivity index (χ0v) is 27.3. The average Bonchev–Trinajstić information content (AvgIpc) is 3.76. The minimum atomic E-state index is -0.780. The minimum absolute atomic E-state index is 0.00505. The first kappa shape index (κ1) is 30.3. The highest BCUT2D eigenvalue weighted by molar-refractivity contribution is 6.20. The van der Waals surface area contributed by atoms with Crippen molar-refractivity contribution in [2.45, 2.75) is 84.0 Å². The van der Waals surface area contributed by atoms with Crippen molar-refractivity contribution in [3.8, 4) is 17.2 Å². The SMILES string of the molecule is COc1ccc(C2=NN(C3CCN(C(=O)c4cc(OCc5ccccc5)ccc4C)CC3)C(=O)C2(C)C)c2c1OC1(CCCC1)C2. The zero-order valence-electron chi connectivity index (χ0n) is 27.3. The summed E-state index contributed by atoms with van der Waals surface area (Å²) in [5, 5.41) is 6.75. The highest BCUT2D eigenvalue weighted by atomic mass is 16.5. The molecule has 0 aromatic heterocycles. The number of amides is 2. The van der Waals surface area contributed by atoms with Crippen LogP contribution in [0.3, 0.4) is 0 Å². The maximum atomic E-state index is 13.9. The van der Waals surface area contributed by atoms with E-state index in [1.54, 1.807) is 12.1 Å². The van der Waals surface area contributed by atoms with Crippen molar-refractivity contribution in [2.24, 2.45) is 10.5 Å². The molecule has 3 aromatic rings. The lowest BCUT2D eigenvalue weighted by atomic mass is 9.80. The number of ether oxygens (including phenoxy) is 3. The van der Waals surface area contributed by atoms with Crippen LogP contribution in [0.2, 0.25) is 0 Å². The van der Waals surface area contributed by atoms with Crippen molar-refractivity contribution in [3.05, 3.63) is 88.5 Å². The number of fused-ring (bicyclic) bond motifs is 1. The lowest BCUT2D eigenvalue weighted by Gasteiger charge is -2.35. The molecule has 1 saturated carbocycles. The molecule has 240 valence electrons. The second-order valence-electron chi connectivity index (χ2n) is 13.8. The van der Waals surface area contributed by atoms with E-state index in [-0.39, 0.29) is 23.5 Å². The normalized spacial score (nSPS) is 20.1. The van der Waals surface area contributed by atoms with E-state index in [9.17, 15) is 9.59 Å². The lowest BCUT2D eigenvalue weighted by Crippen LogP contribution is -2.47. The molecule has 0 unspecified atom stereocenters. The standard InChI is InChI=1S/C38H43N3O5/c1-25-12-13-28(45-24-26-10-6-5-7-11-26)22-30(25)35(42)40-20-16-27(17-21-40)41-36(43)37(2,3)34(39-41)29-14-15-32(44-4)33-31(29)23-38(46-33)18-8-9-19-38/h5-7,10-15,22,27H,8-9,16-21,23-24H2,1-4H3. The van der Waals surface area contributed by atoms with Crippen LogP contribution in [-0.2, 0) is 17.8 Å². The van der Waals surface area contributed by atoms with Gasteiger partial charge in [-0.1, -0.05) is 36.4 Å². The molecule has 2 amide bonds. The fourth-order valence-corrected chi connectivity index (χ4v) is 7.60. The molecule has 3 aliphatic heterocycles. The predicted molar refractivity (Wildman–Crippen MR) is 177 cm³/mol. The Labute approximate surface area is 271 Å². The number of nitrogens with zero attached hydrogens (tertiary/aromatic N) is 3. The number of piperidine rings is 1. The summed E-state index contributed by atoms with van der Waals surface area (Å²) in [5.41, 5.74) is 4.56. The molecule has 2 fully saturated rings. The van der Waals surface area contributed by atoms with E-state index in [1.165, 1.54) is 12.8 Å². The Kier molecular flexibility index (Phi) is 7.78. The summed E-state index contributed by atoms with van der Waals surface area (Å²) in [5.74, 6) is 2.22. The molecule has 3 heterocycles. The molecule has 46 heavy (non-hydrogen) atoms. The van der Waals surface area contributed by atoms with Crippen LogP contribution in [0.25, 0.3) is 0 Å². The summed E-state index contributed by atoms with van der Waals surface area (Å²) in [6, 6.07) is 19.6. The first-order valence-electron chi connectivity index (χ1n) is 16.6. The number of hydrogen-bond donors (Lipinski definition) is 0. The fraction of sp³-hybridized carbons (Fsp3) is 0.447. The van der Waals surface area contributed by atoms with E-state index >= 15 is 0 Å². The first-order valence-corrected chi connectivity index (χ1v) is 16.6. The van der Waals surface area contributed by atoms with Gasteiger partial charge in [-0.3, -0.25) is 9.59 Å². The number of carbonyl (C=O) groups excluding carboxylic acids is 2. The number of hydrogen-bond acceptors (Lipinski definition) is 6. The van der Waals surface area contributed by atoms with Gasteiger partial charge in [0.05, 0.1) is 24.3 Å². The Morgan fingerprint density at radius 3 is 2.48 bits per heavy atom. The van der Waals surface area contributed by atoms with E-state index in [0.717, 1.165) is 58.7 Å². The Bertz CT molecular complexity index is 1680. The van der Waals surface area contributed by atoms with Gasteiger partial charge in [0, 0.05) is 36.2 Å². The molecule has 8 heteroatoms. The molecule has 3 aromatic carbocycles. The Balaban J connectivity index is 1.06. The number of carbonyl (C=O) groups is 2. The van der Waals surface area contributed by atoms with Crippen LogP contribution in [-0.4, -0.2) is 59.3 Å². The molecule has 0 bridgehead atoms. The Morgan fingerprint density at radius 1 is 1.02 bits per heavy atom. The van der Waals surface area contributed by atoms with Crippen molar-refractivity contribution >= 4 is 17.5 Å². The van der Waals surface area contributed by atoms with Gasteiger partial charge < -0.3 is 19.1 Å². The van der Waals surface area contributed by atoms with E-state index in [4.69, 9.17) is 19.3 Å². The average molecular weight is 622 g/mol. The van der Waals surface area contributed by atoms with Crippen molar-refractivity contribution in [1.82, 2.24) is 9.91 Å². The van der Waals surface area contributed by atoms with E-state index in [0.29, 0.717) is 43.9 Å². The Morgan fingerprint density at radius 2 is 1.76 bits per heavy atom. The highest BCUT2D eigenvalue weighted by Gasteiger charge is 2.50. The summed E-state index contributed by atoms with van der Waals surface area (Å²) in [6.07, 6.45) is 6.55. The van der Waals surface area contributed by atoms with Gasteiger partial charge in [0.2, 0.25) is 0 Å². The van der Waals surface area contributed by atoms with Gasteiger partial charge in [0.15, 0.2) is 11.5 Å². The van der Waals surface area contributed by atoms with Crippen LogP contribution < -0.4 is 14.2 Å². The predicted octanol–water partition coefficient (Wildman–Crippen LogP) is 6.71. The molecule has 7 rings (SSSR count). The van der Waals surface area contributed by atoms with Crippen molar-refractivity contribution in [3.63, 3.8) is 0 Å². The smallest absolute Gasteiger partial charge is 0.254 e. The van der Waals surface area contributed by atoms with Crippen LogP contribution >= 0.6 is 0 Å². The third-order valence-electron chi connectivity index (χ3n) is 10.4. The molecule has 0 atom stereocenters. The second kappa shape index (κ2) is 11.8. The number of benzene rings is 3. The number of methoxy groups -OCH3 is 1. The van der Waals surface area contributed by atoms with E-state index in [2.05, 4.69) is 0 Å². The number of hydrazone groups is 1.